The van der Waals surface area contributed by atoms with Crippen molar-refractivity contribution in [2.45, 2.75) is 23.8 Å². The van der Waals surface area contributed by atoms with Gasteiger partial charge in [-0.2, -0.15) is 4.31 Å². The second kappa shape index (κ2) is 5.64. The first-order valence-corrected chi connectivity index (χ1v) is 8.04. The van der Waals surface area contributed by atoms with Gasteiger partial charge in [-0.1, -0.05) is 0 Å². The number of hydrogen-bond donors (Lipinski definition) is 1. The van der Waals surface area contributed by atoms with Crippen LogP contribution in [0.3, 0.4) is 0 Å². The molecule has 1 fully saturated rings. The first-order chi connectivity index (χ1) is 8.50. The van der Waals surface area contributed by atoms with Gasteiger partial charge in [-0.15, -0.1) is 0 Å². The summed E-state index contributed by atoms with van der Waals surface area (Å²) < 4.78 is 26.7. The van der Waals surface area contributed by atoms with Crippen LogP contribution in [-0.2, 0) is 10.0 Å². The molecule has 0 amide bonds. The van der Waals surface area contributed by atoms with Crippen LogP contribution in [0.4, 0.5) is 0 Å². The quantitative estimate of drug-likeness (QED) is 0.899. The highest BCUT2D eigenvalue weighted by molar-refractivity contribution is 9.10. The third kappa shape index (κ3) is 3.09. The summed E-state index contributed by atoms with van der Waals surface area (Å²) in [6.07, 6.45) is 5.07. The molecular weight excluding hydrogens is 318 g/mol. The van der Waals surface area contributed by atoms with Crippen molar-refractivity contribution < 1.29 is 8.42 Å². The average molecular weight is 334 g/mol. The lowest BCUT2D eigenvalue weighted by molar-refractivity contribution is 0.417. The monoisotopic (exact) mass is 333 g/mol. The molecular formula is C11H16BrN3O2S. The molecule has 0 bridgehead atoms. The van der Waals surface area contributed by atoms with Gasteiger partial charge in [0.15, 0.2) is 0 Å². The van der Waals surface area contributed by atoms with E-state index < -0.39 is 10.0 Å². The normalized spacial score (nSPS) is 20.5. The van der Waals surface area contributed by atoms with E-state index in [9.17, 15) is 8.42 Å². The van der Waals surface area contributed by atoms with Gasteiger partial charge in [0.1, 0.15) is 4.90 Å². The molecule has 0 radical (unpaired) electrons. The minimum Gasteiger partial charge on any atom is -0.313 e. The Morgan fingerprint density at radius 1 is 1.56 bits per heavy atom. The van der Waals surface area contributed by atoms with Crippen molar-refractivity contribution in [1.82, 2.24) is 14.6 Å². The molecule has 1 aliphatic rings. The summed E-state index contributed by atoms with van der Waals surface area (Å²) in [5.41, 5.74) is 0. The Morgan fingerprint density at radius 3 is 2.94 bits per heavy atom. The lowest BCUT2D eigenvalue weighted by Gasteiger charge is -2.20. The van der Waals surface area contributed by atoms with Crippen molar-refractivity contribution >= 4 is 26.0 Å². The summed E-state index contributed by atoms with van der Waals surface area (Å²) in [7, 11) is -1.84. The highest BCUT2D eigenvalue weighted by Crippen LogP contribution is 2.18. The van der Waals surface area contributed by atoms with Crippen LogP contribution in [0.5, 0.6) is 0 Å². The van der Waals surface area contributed by atoms with E-state index in [0.717, 1.165) is 19.4 Å². The van der Waals surface area contributed by atoms with Crippen LogP contribution in [0.2, 0.25) is 0 Å². The summed E-state index contributed by atoms with van der Waals surface area (Å²) in [5.74, 6) is 0. The van der Waals surface area contributed by atoms with E-state index in [1.165, 1.54) is 10.5 Å². The maximum atomic E-state index is 12.3. The lowest BCUT2D eigenvalue weighted by atomic mass is 10.2. The van der Waals surface area contributed by atoms with Crippen LogP contribution >= 0.6 is 15.9 Å². The summed E-state index contributed by atoms with van der Waals surface area (Å²) in [4.78, 5) is 4.12. The Bertz CT molecular complexity index is 515. The zero-order valence-corrected chi connectivity index (χ0v) is 12.5. The van der Waals surface area contributed by atoms with E-state index in [4.69, 9.17) is 0 Å². The average Bonchev–Trinajstić information content (AvgIpc) is 2.81. The molecule has 1 saturated heterocycles. The van der Waals surface area contributed by atoms with Crippen LogP contribution in [0.15, 0.2) is 27.8 Å². The van der Waals surface area contributed by atoms with E-state index in [1.54, 1.807) is 19.3 Å². The summed E-state index contributed by atoms with van der Waals surface area (Å²) >= 11 is 3.23. The minimum atomic E-state index is -3.45. The molecule has 0 aromatic carbocycles. The van der Waals surface area contributed by atoms with Gasteiger partial charge in [-0.25, -0.2) is 8.42 Å². The number of rotatable bonds is 4. The van der Waals surface area contributed by atoms with E-state index in [1.807, 2.05) is 0 Å². The molecule has 1 unspecified atom stereocenters. The van der Waals surface area contributed by atoms with Gasteiger partial charge < -0.3 is 5.32 Å². The highest BCUT2D eigenvalue weighted by Gasteiger charge is 2.25. The summed E-state index contributed by atoms with van der Waals surface area (Å²) in [5, 5.41) is 3.29. The SMILES string of the molecule is CN(CC1CCCN1)S(=O)(=O)c1cncc(Br)c1. The van der Waals surface area contributed by atoms with Crippen LogP contribution in [0, 0.1) is 0 Å². The van der Waals surface area contributed by atoms with Gasteiger partial charge >= 0.3 is 0 Å². The molecule has 1 aromatic heterocycles. The molecule has 1 aliphatic heterocycles. The van der Waals surface area contributed by atoms with Gasteiger partial charge in [-0.3, -0.25) is 4.98 Å². The van der Waals surface area contributed by atoms with Gasteiger partial charge in [0, 0.05) is 36.5 Å². The van der Waals surface area contributed by atoms with Gasteiger partial charge in [0.25, 0.3) is 0 Å². The van der Waals surface area contributed by atoms with E-state index in [0.29, 0.717) is 11.0 Å². The van der Waals surface area contributed by atoms with Crippen molar-refractivity contribution in [3.8, 4) is 0 Å². The van der Waals surface area contributed by atoms with Gasteiger partial charge in [0.05, 0.1) is 0 Å². The summed E-state index contributed by atoms with van der Waals surface area (Å²) in [6.45, 7) is 1.46. The maximum Gasteiger partial charge on any atom is 0.244 e. The Kier molecular flexibility index (Phi) is 4.37. The molecule has 1 N–H and O–H groups in total. The Labute approximate surface area is 116 Å². The molecule has 0 spiro atoms. The molecule has 0 aliphatic carbocycles. The highest BCUT2D eigenvalue weighted by atomic mass is 79.9. The minimum absolute atomic E-state index is 0.220. The number of hydrogen-bond acceptors (Lipinski definition) is 4. The summed E-state index contributed by atoms with van der Waals surface area (Å²) in [6, 6.07) is 1.82. The van der Waals surface area contributed by atoms with Crippen molar-refractivity contribution in [2.24, 2.45) is 0 Å². The molecule has 5 nitrogen and oxygen atoms in total. The maximum absolute atomic E-state index is 12.3. The molecule has 0 saturated carbocycles. The second-order valence-electron chi connectivity index (χ2n) is 4.42. The number of halogens is 1. The second-order valence-corrected chi connectivity index (χ2v) is 7.38. The number of nitrogens with one attached hydrogen (secondary N) is 1. The van der Waals surface area contributed by atoms with E-state index >= 15 is 0 Å². The topological polar surface area (TPSA) is 62.3 Å². The van der Waals surface area contributed by atoms with E-state index in [2.05, 4.69) is 26.2 Å². The largest absolute Gasteiger partial charge is 0.313 e. The zero-order chi connectivity index (χ0) is 13.2. The number of aromatic nitrogens is 1. The van der Waals surface area contributed by atoms with E-state index in [-0.39, 0.29) is 10.9 Å². The van der Waals surface area contributed by atoms with Crippen molar-refractivity contribution in [3.63, 3.8) is 0 Å². The van der Waals surface area contributed by atoms with Gasteiger partial charge in [-0.05, 0) is 41.4 Å². The van der Waals surface area contributed by atoms with Crippen LogP contribution in [0.25, 0.3) is 0 Å². The fourth-order valence-electron chi connectivity index (χ4n) is 2.03. The molecule has 2 rings (SSSR count). The number of nitrogens with zero attached hydrogens (tertiary/aromatic N) is 2. The number of sulfonamides is 1. The molecule has 1 aromatic rings. The van der Waals surface area contributed by atoms with Crippen molar-refractivity contribution in [1.29, 1.82) is 0 Å². The predicted octanol–water partition coefficient (Wildman–Crippen LogP) is 1.22. The molecule has 18 heavy (non-hydrogen) atoms. The Hall–Kier alpha value is -0.500. The number of pyridine rings is 1. The standard InChI is InChI=1S/C11H16BrN3O2S/c1-15(8-10-3-2-4-14-10)18(16,17)11-5-9(12)6-13-7-11/h5-7,10,14H,2-4,8H2,1H3. The fourth-order valence-corrected chi connectivity index (χ4v) is 3.76. The fraction of sp³-hybridized carbons (Fsp3) is 0.545. The molecule has 2 heterocycles. The zero-order valence-electron chi connectivity index (χ0n) is 10.1. The molecule has 7 heteroatoms. The van der Waals surface area contributed by atoms with Crippen LogP contribution in [0.1, 0.15) is 12.8 Å². The van der Waals surface area contributed by atoms with Crippen molar-refractivity contribution in [2.75, 3.05) is 20.1 Å². The lowest BCUT2D eigenvalue weighted by Crippen LogP contribution is -2.38. The molecule has 100 valence electrons. The smallest absolute Gasteiger partial charge is 0.244 e. The first kappa shape index (κ1) is 13.9. The predicted molar refractivity (Wildman–Crippen MR) is 72.8 cm³/mol. The molecule has 1 atom stereocenters. The van der Waals surface area contributed by atoms with Gasteiger partial charge in [0.2, 0.25) is 10.0 Å². The third-order valence-electron chi connectivity index (χ3n) is 3.03. The van der Waals surface area contributed by atoms with Crippen molar-refractivity contribution in [3.05, 3.63) is 22.9 Å². The van der Waals surface area contributed by atoms with Crippen LogP contribution in [-0.4, -0.2) is 43.9 Å². The number of likely N-dealkylation sites (N-methyl/N-ethyl adjacent to an activating group) is 1. The Morgan fingerprint density at radius 2 is 2.33 bits per heavy atom. The van der Waals surface area contributed by atoms with Crippen LogP contribution < -0.4 is 5.32 Å². The third-order valence-corrected chi connectivity index (χ3v) is 5.25. The first-order valence-electron chi connectivity index (χ1n) is 5.80. The Balaban J connectivity index is 2.14.